The Morgan fingerprint density at radius 3 is 2.42 bits per heavy atom. The van der Waals surface area contributed by atoms with Crippen LogP contribution in [0.1, 0.15) is 27.5 Å². The van der Waals surface area contributed by atoms with Gasteiger partial charge in [-0.1, -0.05) is 15.9 Å². The number of ether oxygens (including phenoxy) is 1. The molecule has 2 rings (SSSR count). The van der Waals surface area contributed by atoms with E-state index >= 15 is 0 Å². The fraction of sp³-hybridized carbons (Fsp3) is 0.286. The van der Waals surface area contributed by atoms with E-state index in [1.165, 1.54) is 13.2 Å². The van der Waals surface area contributed by atoms with Crippen molar-refractivity contribution >= 4 is 31.9 Å². The molecule has 1 aromatic heterocycles. The zero-order chi connectivity index (χ0) is 14.2. The number of alkyl halides is 1. The molecule has 1 unspecified atom stereocenters. The summed E-state index contributed by atoms with van der Waals surface area (Å²) in [5.74, 6) is 1.83. The predicted molar refractivity (Wildman–Crippen MR) is 79.6 cm³/mol. The SMILES string of the molecule is COc1cc(F)c(Br)cc1C(Br)c1cc(C)oc1C. The van der Waals surface area contributed by atoms with E-state index in [0.717, 1.165) is 22.6 Å². The summed E-state index contributed by atoms with van der Waals surface area (Å²) in [6.07, 6.45) is 0. The molecule has 0 radical (unpaired) electrons. The Labute approximate surface area is 128 Å². The van der Waals surface area contributed by atoms with Crippen LogP contribution in [-0.2, 0) is 0 Å². The average Bonchev–Trinajstić information content (AvgIpc) is 2.70. The summed E-state index contributed by atoms with van der Waals surface area (Å²) in [6.45, 7) is 3.80. The van der Waals surface area contributed by atoms with Crippen molar-refractivity contribution in [2.24, 2.45) is 0 Å². The second-order valence-electron chi connectivity index (χ2n) is 4.24. The lowest BCUT2D eigenvalue weighted by atomic mass is 10.0. The number of halogens is 3. The number of furan rings is 1. The molecule has 5 heteroatoms. The van der Waals surface area contributed by atoms with Crippen LogP contribution in [0.25, 0.3) is 0 Å². The monoisotopic (exact) mass is 390 g/mol. The van der Waals surface area contributed by atoms with E-state index in [-0.39, 0.29) is 10.6 Å². The summed E-state index contributed by atoms with van der Waals surface area (Å²) in [6, 6.07) is 5.05. The van der Waals surface area contributed by atoms with E-state index in [2.05, 4.69) is 31.9 Å². The highest BCUT2D eigenvalue weighted by Gasteiger charge is 2.21. The number of hydrogen-bond donors (Lipinski definition) is 0. The van der Waals surface area contributed by atoms with Crippen LogP contribution in [0.4, 0.5) is 4.39 Å². The van der Waals surface area contributed by atoms with Gasteiger partial charge < -0.3 is 9.15 Å². The summed E-state index contributed by atoms with van der Waals surface area (Å²) in [7, 11) is 1.53. The molecule has 0 aliphatic heterocycles. The highest BCUT2D eigenvalue weighted by atomic mass is 79.9. The van der Waals surface area contributed by atoms with Crippen molar-refractivity contribution in [2.45, 2.75) is 18.7 Å². The van der Waals surface area contributed by atoms with Crippen LogP contribution in [-0.4, -0.2) is 7.11 Å². The molecular weight excluding hydrogens is 379 g/mol. The van der Waals surface area contributed by atoms with E-state index in [1.54, 1.807) is 6.07 Å². The molecule has 2 nitrogen and oxygen atoms in total. The van der Waals surface area contributed by atoms with Gasteiger partial charge in [0.15, 0.2) is 0 Å². The Morgan fingerprint density at radius 2 is 1.89 bits per heavy atom. The molecule has 102 valence electrons. The Balaban J connectivity index is 2.52. The highest BCUT2D eigenvalue weighted by Crippen LogP contribution is 2.40. The predicted octanol–water partition coefficient (Wildman–Crippen LogP) is 5.29. The second-order valence-corrected chi connectivity index (χ2v) is 6.01. The molecule has 0 amide bonds. The first-order valence-electron chi connectivity index (χ1n) is 5.68. The van der Waals surface area contributed by atoms with Gasteiger partial charge in [0, 0.05) is 17.2 Å². The summed E-state index contributed by atoms with van der Waals surface area (Å²) in [5.41, 5.74) is 1.86. The maximum Gasteiger partial charge on any atom is 0.141 e. The molecular formula is C14H13Br2FO2. The summed E-state index contributed by atoms with van der Waals surface area (Å²) >= 11 is 6.82. The third-order valence-corrected chi connectivity index (χ3v) is 4.49. The van der Waals surface area contributed by atoms with Crippen molar-refractivity contribution in [3.63, 3.8) is 0 Å². The van der Waals surface area contributed by atoms with Crippen LogP contribution in [0.2, 0.25) is 0 Å². The molecule has 1 atom stereocenters. The molecule has 0 aliphatic rings. The van der Waals surface area contributed by atoms with Crippen LogP contribution in [0.5, 0.6) is 5.75 Å². The van der Waals surface area contributed by atoms with E-state index in [0.29, 0.717) is 10.2 Å². The minimum Gasteiger partial charge on any atom is -0.496 e. The van der Waals surface area contributed by atoms with Gasteiger partial charge in [-0.05, 0) is 41.9 Å². The van der Waals surface area contributed by atoms with Crippen LogP contribution >= 0.6 is 31.9 Å². The highest BCUT2D eigenvalue weighted by molar-refractivity contribution is 9.10. The fourth-order valence-electron chi connectivity index (χ4n) is 1.99. The lowest BCUT2D eigenvalue weighted by Gasteiger charge is -2.14. The summed E-state index contributed by atoms with van der Waals surface area (Å²) < 4.78 is 24.7. The largest absolute Gasteiger partial charge is 0.496 e. The lowest BCUT2D eigenvalue weighted by molar-refractivity contribution is 0.406. The van der Waals surface area contributed by atoms with Gasteiger partial charge in [0.25, 0.3) is 0 Å². The summed E-state index contributed by atoms with van der Waals surface area (Å²) in [4.78, 5) is -0.114. The lowest BCUT2D eigenvalue weighted by Crippen LogP contribution is -1.99. The molecule has 2 aromatic rings. The number of hydrogen-bond acceptors (Lipinski definition) is 2. The van der Waals surface area contributed by atoms with Crippen molar-refractivity contribution in [1.82, 2.24) is 0 Å². The smallest absolute Gasteiger partial charge is 0.141 e. The van der Waals surface area contributed by atoms with Crippen LogP contribution < -0.4 is 4.74 Å². The van der Waals surface area contributed by atoms with Gasteiger partial charge in [0.2, 0.25) is 0 Å². The first kappa shape index (κ1) is 14.6. The maximum atomic E-state index is 13.5. The summed E-state index contributed by atoms with van der Waals surface area (Å²) in [5, 5.41) is 0. The van der Waals surface area contributed by atoms with Crippen LogP contribution in [0.15, 0.2) is 27.1 Å². The third kappa shape index (κ3) is 2.87. The normalized spacial score (nSPS) is 12.5. The number of benzene rings is 1. The molecule has 0 spiro atoms. The molecule has 1 aromatic carbocycles. The van der Waals surface area contributed by atoms with Gasteiger partial charge in [-0.2, -0.15) is 0 Å². The van der Waals surface area contributed by atoms with Gasteiger partial charge >= 0.3 is 0 Å². The van der Waals surface area contributed by atoms with Crippen molar-refractivity contribution in [3.8, 4) is 5.75 Å². The van der Waals surface area contributed by atoms with Crippen LogP contribution in [0, 0.1) is 19.7 Å². The van der Waals surface area contributed by atoms with Crippen molar-refractivity contribution < 1.29 is 13.5 Å². The van der Waals surface area contributed by atoms with Gasteiger partial charge in [0.05, 0.1) is 16.4 Å². The molecule has 0 fully saturated rings. The molecule has 0 aliphatic carbocycles. The number of methoxy groups -OCH3 is 1. The Morgan fingerprint density at radius 1 is 1.21 bits per heavy atom. The number of rotatable bonds is 3. The van der Waals surface area contributed by atoms with Gasteiger partial charge in [-0.3, -0.25) is 0 Å². The quantitative estimate of drug-likeness (QED) is 0.663. The van der Waals surface area contributed by atoms with E-state index in [9.17, 15) is 4.39 Å². The standard InChI is InChI=1S/C14H13Br2FO2/c1-7-4-9(8(2)19-7)14(16)10-5-11(15)12(17)6-13(10)18-3/h4-6,14H,1-3H3. The van der Waals surface area contributed by atoms with Gasteiger partial charge in [0.1, 0.15) is 23.1 Å². The topological polar surface area (TPSA) is 22.4 Å². The first-order valence-corrected chi connectivity index (χ1v) is 7.38. The molecule has 0 saturated carbocycles. The van der Waals surface area contributed by atoms with Crippen molar-refractivity contribution in [1.29, 1.82) is 0 Å². The minimum absolute atomic E-state index is 0.114. The molecule has 19 heavy (non-hydrogen) atoms. The molecule has 0 saturated heterocycles. The number of aryl methyl sites for hydroxylation is 2. The minimum atomic E-state index is -0.347. The van der Waals surface area contributed by atoms with Crippen LogP contribution in [0.3, 0.4) is 0 Å². The fourth-order valence-corrected chi connectivity index (χ4v) is 3.16. The third-order valence-electron chi connectivity index (χ3n) is 2.90. The average molecular weight is 392 g/mol. The Bertz CT molecular complexity index is 608. The zero-order valence-corrected chi connectivity index (χ0v) is 13.9. The van der Waals surface area contributed by atoms with E-state index in [1.807, 2.05) is 19.9 Å². The van der Waals surface area contributed by atoms with E-state index < -0.39 is 0 Å². The van der Waals surface area contributed by atoms with Crippen molar-refractivity contribution in [3.05, 3.63) is 51.1 Å². The second kappa shape index (κ2) is 5.67. The molecule has 1 heterocycles. The van der Waals surface area contributed by atoms with Gasteiger partial charge in [-0.25, -0.2) is 4.39 Å². The maximum absolute atomic E-state index is 13.5. The molecule has 0 bridgehead atoms. The molecule has 0 N–H and O–H groups in total. The van der Waals surface area contributed by atoms with Crippen molar-refractivity contribution in [2.75, 3.05) is 7.11 Å². The van der Waals surface area contributed by atoms with E-state index in [4.69, 9.17) is 9.15 Å². The Kier molecular flexibility index (Phi) is 4.36. The first-order chi connectivity index (χ1) is 8.93. The zero-order valence-electron chi connectivity index (χ0n) is 10.8. The Hall–Kier alpha value is -0.810. The van der Waals surface area contributed by atoms with Gasteiger partial charge in [-0.15, -0.1) is 0 Å².